The monoisotopic (exact) mass is 297 g/mol. The van der Waals surface area contributed by atoms with Crippen molar-refractivity contribution in [2.75, 3.05) is 31.9 Å². The molecule has 0 radical (unpaired) electrons. The van der Waals surface area contributed by atoms with Crippen molar-refractivity contribution in [1.82, 2.24) is 25.6 Å². The lowest BCUT2D eigenvalue weighted by Gasteiger charge is -2.31. The number of rotatable bonds is 7. The molecule has 0 aliphatic carbocycles. The number of nitrogens with zero attached hydrogens (tertiary/aromatic N) is 3. The zero-order valence-electron chi connectivity index (χ0n) is 12.0. The summed E-state index contributed by atoms with van der Waals surface area (Å²) in [4.78, 5) is 14.0. The molecule has 7 heteroatoms. The Bertz CT molecular complexity index is 397. The number of hydrogen-bond donors (Lipinski definition) is 2. The van der Waals surface area contributed by atoms with Crippen LogP contribution in [0.15, 0.2) is 11.2 Å². The number of amides is 1. The Hall–Kier alpha value is -1.08. The van der Waals surface area contributed by atoms with Crippen molar-refractivity contribution in [3.05, 3.63) is 6.20 Å². The smallest absolute Gasteiger partial charge is 0.223 e. The van der Waals surface area contributed by atoms with Crippen LogP contribution >= 0.6 is 11.8 Å². The summed E-state index contributed by atoms with van der Waals surface area (Å²) < 4.78 is 0. The van der Waals surface area contributed by atoms with Gasteiger partial charge in [0.25, 0.3) is 0 Å². The van der Waals surface area contributed by atoms with Gasteiger partial charge in [-0.05, 0) is 18.8 Å². The van der Waals surface area contributed by atoms with Crippen molar-refractivity contribution in [3.63, 3.8) is 0 Å². The molecule has 1 fully saturated rings. The van der Waals surface area contributed by atoms with E-state index in [9.17, 15) is 4.79 Å². The van der Waals surface area contributed by atoms with Crippen molar-refractivity contribution in [2.24, 2.45) is 5.92 Å². The molecule has 0 spiro atoms. The van der Waals surface area contributed by atoms with Gasteiger partial charge >= 0.3 is 0 Å². The molecule has 0 bridgehead atoms. The lowest BCUT2D eigenvalue weighted by Crippen LogP contribution is -2.40. The molecule has 112 valence electrons. The van der Waals surface area contributed by atoms with Gasteiger partial charge in [-0.15, -0.1) is 16.9 Å². The van der Waals surface area contributed by atoms with E-state index in [0.29, 0.717) is 12.3 Å². The SMILES string of the molecule is CC1CCCN(C(=O)CCNCCSc2cn[nH]n2)C1. The molecule has 1 aromatic rings. The van der Waals surface area contributed by atoms with Crippen LogP contribution in [0.1, 0.15) is 26.2 Å². The molecule has 1 amide bonds. The van der Waals surface area contributed by atoms with Gasteiger partial charge in [0.1, 0.15) is 5.03 Å². The van der Waals surface area contributed by atoms with Gasteiger partial charge in [-0.25, -0.2) is 0 Å². The molecule has 1 saturated heterocycles. The molecule has 0 saturated carbocycles. The summed E-state index contributed by atoms with van der Waals surface area (Å²) in [6.07, 6.45) is 4.71. The average molecular weight is 297 g/mol. The van der Waals surface area contributed by atoms with Crippen LogP contribution in [0.25, 0.3) is 0 Å². The average Bonchev–Trinajstić information content (AvgIpc) is 2.95. The van der Waals surface area contributed by atoms with Crippen LogP contribution < -0.4 is 5.32 Å². The summed E-state index contributed by atoms with van der Waals surface area (Å²) >= 11 is 1.65. The number of piperidine rings is 1. The number of aromatic amines is 1. The molecule has 2 rings (SSSR count). The Balaban J connectivity index is 1.51. The van der Waals surface area contributed by atoms with E-state index in [0.717, 1.165) is 43.4 Å². The highest BCUT2D eigenvalue weighted by molar-refractivity contribution is 7.99. The number of nitrogens with one attached hydrogen (secondary N) is 2. The highest BCUT2D eigenvalue weighted by Crippen LogP contribution is 2.16. The predicted octanol–water partition coefficient (Wildman–Crippen LogP) is 1.13. The number of carbonyl (C=O) groups excluding carboxylic acids is 1. The highest BCUT2D eigenvalue weighted by Gasteiger charge is 2.20. The molecule has 1 atom stereocenters. The lowest BCUT2D eigenvalue weighted by molar-refractivity contribution is -0.132. The molecule has 1 unspecified atom stereocenters. The molecule has 1 aliphatic heterocycles. The molecule has 1 aromatic heterocycles. The summed E-state index contributed by atoms with van der Waals surface area (Å²) in [6, 6.07) is 0. The minimum Gasteiger partial charge on any atom is -0.342 e. The third-order valence-corrected chi connectivity index (χ3v) is 4.35. The third kappa shape index (κ3) is 5.13. The molecule has 0 aromatic carbocycles. The first-order valence-corrected chi connectivity index (χ1v) is 8.21. The molecule has 6 nitrogen and oxygen atoms in total. The van der Waals surface area contributed by atoms with Crippen LogP contribution in [-0.2, 0) is 4.79 Å². The summed E-state index contributed by atoms with van der Waals surface area (Å²) in [6.45, 7) is 5.72. The number of H-pyrrole nitrogens is 1. The number of likely N-dealkylation sites (tertiary alicyclic amines) is 1. The fourth-order valence-corrected chi connectivity index (χ4v) is 3.07. The number of aromatic nitrogens is 3. The Kier molecular flexibility index (Phi) is 6.32. The zero-order chi connectivity index (χ0) is 14.2. The predicted molar refractivity (Wildman–Crippen MR) is 79.6 cm³/mol. The molecular formula is C13H23N5OS. The standard InChI is InChI=1S/C13H23N5OS/c1-11-3-2-7-18(10-11)13(19)4-5-14-6-8-20-12-9-15-17-16-12/h9,11,14H,2-8,10H2,1H3,(H,15,16,17). The Morgan fingerprint density at radius 2 is 2.50 bits per heavy atom. The van der Waals surface area contributed by atoms with Crippen LogP contribution in [0.5, 0.6) is 0 Å². The maximum absolute atomic E-state index is 12.0. The third-order valence-electron chi connectivity index (χ3n) is 3.45. The quantitative estimate of drug-likeness (QED) is 0.583. The van der Waals surface area contributed by atoms with E-state index in [-0.39, 0.29) is 5.91 Å². The van der Waals surface area contributed by atoms with E-state index in [4.69, 9.17) is 0 Å². The normalized spacial score (nSPS) is 19.2. The van der Waals surface area contributed by atoms with Crippen molar-refractivity contribution < 1.29 is 4.79 Å². The first-order chi connectivity index (χ1) is 9.75. The van der Waals surface area contributed by atoms with Crippen molar-refractivity contribution >= 4 is 17.7 Å². The van der Waals surface area contributed by atoms with Crippen LogP contribution in [0.3, 0.4) is 0 Å². The van der Waals surface area contributed by atoms with Gasteiger partial charge in [-0.1, -0.05) is 6.92 Å². The van der Waals surface area contributed by atoms with E-state index >= 15 is 0 Å². The van der Waals surface area contributed by atoms with E-state index in [1.165, 1.54) is 6.42 Å². The van der Waals surface area contributed by atoms with Gasteiger partial charge in [0.05, 0.1) is 6.20 Å². The van der Waals surface area contributed by atoms with Crippen molar-refractivity contribution in [1.29, 1.82) is 0 Å². The summed E-state index contributed by atoms with van der Waals surface area (Å²) in [5, 5.41) is 14.5. The molecular weight excluding hydrogens is 274 g/mol. The summed E-state index contributed by atoms with van der Waals surface area (Å²) in [5.41, 5.74) is 0. The second-order valence-corrected chi connectivity index (χ2v) is 6.36. The molecule has 2 N–H and O–H groups in total. The van der Waals surface area contributed by atoms with Gasteiger partial charge in [-0.3, -0.25) is 4.79 Å². The highest BCUT2D eigenvalue weighted by atomic mass is 32.2. The van der Waals surface area contributed by atoms with Gasteiger partial charge in [0.2, 0.25) is 5.91 Å². The summed E-state index contributed by atoms with van der Waals surface area (Å²) in [7, 11) is 0. The topological polar surface area (TPSA) is 73.9 Å². The minimum atomic E-state index is 0.285. The van der Waals surface area contributed by atoms with Gasteiger partial charge in [0, 0.05) is 38.4 Å². The number of hydrogen-bond acceptors (Lipinski definition) is 5. The second-order valence-electron chi connectivity index (χ2n) is 5.24. The maximum Gasteiger partial charge on any atom is 0.223 e. The van der Waals surface area contributed by atoms with Gasteiger partial charge < -0.3 is 10.2 Å². The number of carbonyl (C=O) groups is 1. The maximum atomic E-state index is 12.0. The minimum absolute atomic E-state index is 0.285. The Labute approximate surface area is 124 Å². The van der Waals surface area contributed by atoms with Crippen LogP contribution in [0, 0.1) is 5.92 Å². The Morgan fingerprint density at radius 3 is 3.25 bits per heavy atom. The van der Waals surface area contributed by atoms with E-state index in [2.05, 4.69) is 27.7 Å². The van der Waals surface area contributed by atoms with Crippen molar-refractivity contribution in [2.45, 2.75) is 31.2 Å². The fourth-order valence-electron chi connectivity index (χ4n) is 2.38. The first kappa shape index (κ1) is 15.3. The van der Waals surface area contributed by atoms with Crippen LogP contribution in [0.4, 0.5) is 0 Å². The largest absolute Gasteiger partial charge is 0.342 e. The lowest BCUT2D eigenvalue weighted by atomic mass is 10.00. The fraction of sp³-hybridized carbons (Fsp3) is 0.769. The van der Waals surface area contributed by atoms with Gasteiger partial charge in [-0.2, -0.15) is 10.3 Å². The molecule has 2 heterocycles. The molecule has 1 aliphatic rings. The molecule has 20 heavy (non-hydrogen) atoms. The van der Waals surface area contributed by atoms with Crippen LogP contribution in [-0.4, -0.2) is 58.1 Å². The zero-order valence-corrected chi connectivity index (χ0v) is 12.8. The van der Waals surface area contributed by atoms with E-state index in [1.54, 1.807) is 18.0 Å². The summed E-state index contributed by atoms with van der Waals surface area (Å²) in [5.74, 6) is 1.87. The Morgan fingerprint density at radius 1 is 1.60 bits per heavy atom. The first-order valence-electron chi connectivity index (χ1n) is 7.23. The van der Waals surface area contributed by atoms with Crippen LogP contribution in [0.2, 0.25) is 0 Å². The second kappa shape index (κ2) is 8.26. The van der Waals surface area contributed by atoms with Crippen molar-refractivity contribution in [3.8, 4) is 0 Å². The number of thioether (sulfide) groups is 1. The van der Waals surface area contributed by atoms with E-state index in [1.807, 2.05) is 4.90 Å². The van der Waals surface area contributed by atoms with Gasteiger partial charge in [0.15, 0.2) is 0 Å². The van der Waals surface area contributed by atoms with E-state index < -0.39 is 0 Å².